The summed E-state index contributed by atoms with van der Waals surface area (Å²) in [5.74, 6) is -1.49. The molecule has 2 aromatic carbocycles. The number of hydrogen-bond donors (Lipinski definition) is 4. The van der Waals surface area contributed by atoms with E-state index in [0.29, 0.717) is 0 Å². The summed E-state index contributed by atoms with van der Waals surface area (Å²) in [7, 11) is 0. The van der Waals surface area contributed by atoms with Gasteiger partial charge in [-0.2, -0.15) is 0 Å². The molecule has 0 amide bonds. The zero-order valence-corrected chi connectivity index (χ0v) is 28.0. The van der Waals surface area contributed by atoms with Crippen molar-refractivity contribution in [2.75, 3.05) is 0 Å². The van der Waals surface area contributed by atoms with E-state index < -0.39 is 17.4 Å². The van der Waals surface area contributed by atoms with Gasteiger partial charge in [-0.3, -0.25) is 9.59 Å². The minimum Gasteiger partial charge on any atom is -0.507 e. The average molecular weight is 583 g/mol. The number of phenols is 2. The maximum Gasteiger partial charge on any atom is 0.310 e. The number of aliphatic carboxylic acids is 2. The van der Waals surface area contributed by atoms with Crippen LogP contribution in [-0.2, 0) is 44.1 Å². The Morgan fingerprint density at radius 3 is 1.07 bits per heavy atom. The number of benzene rings is 2. The van der Waals surface area contributed by atoms with E-state index in [1.54, 1.807) is 0 Å². The topological polar surface area (TPSA) is 115 Å². The van der Waals surface area contributed by atoms with Gasteiger partial charge in [0.2, 0.25) is 0 Å². The number of phenolic OH excluding ortho intramolecular Hbond substituents is 2. The SMILES string of the molecule is CC(C)(C)c1cc(CC(CCCC(=O)O)(Cc2cc(C(C)(C)C)c(O)c(C(C)(C)C)c2)C(=O)O)cc(C(C)(C)C)c1O. The van der Waals surface area contributed by atoms with Gasteiger partial charge in [0.25, 0.3) is 0 Å². The van der Waals surface area contributed by atoms with Crippen molar-refractivity contribution in [1.29, 1.82) is 0 Å². The van der Waals surface area contributed by atoms with Gasteiger partial charge in [-0.1, -0.05) is 107 Å². The number of hydrogen-bond acceptors (Lipinski definition) is 4. The molecule has 0 saturated heterocycles. The van der Waals surface area contributed by atoms with Crippen molar-refractivity contribution in [3.63, 3.8) is 0 Å². The van der Waals surface area contributed by atoms with Crippen LogP contribution in [-0.4, -0.2) is 32.4 Å². The molecular formula is C36H54O6. The summed E-state index contributed by atoms with van der Waals surface area (Å²) in [5, 5.41) is 42.8. The lowest BCUT2D eigenvalue weighted by Gasteiger charge is -2.34. The predicted octanol–water partition coefficient (Wildman–Crippen LogP) is 8.40. The molecule has 6 heteroatoms. The maximum atomic E-state index is 13.3. The summed E-state index contributed by atoms with van der Waals surface area (Å²) < 4.78 is 0. The molecule has 4 N–H and O–H groups in total. The van der Waals surface area contributed by atoms with Crippen LogP contribution in [0.5, 0.6) is 11.5 Å². The van der Waals surface area contributed by atoms with Gasteiger partial charge in [0.1, 0.15) is 11.5 Å². The molecule has 2 rings (SSSR count). The summed E-state index contributed by atoms with van der Waals surface area (Å²) >= 11 is 0. The van der Waals surface area contributed by atoms with Crippen molar-refractivity contribution in [1.82, 2.24) is 0 Å². The first-order valence-corrected chi connectivity index (χ1v) is 15.0. The van der Waals surface area contributed by atoms with Crippen LogP contribution in [0.1, 0.15) is 136 Å². The molecule has 0 atom stereocenters. The lowest BCUT2D eigenvalue weighted by Crippen LogP contribution is -2.36. The Labute approximate surface area is 253 Å². The van der Waals surface area contributed by atoms with Crippen LogP contribution in [0, 0.1) is 5.41 Å². The van der Waals surface area contributed by atoms with E-state index in [2.05, 4.69) is 0 Å². The van der Waals surface area contributed by atoms with E-state index in [0.717, 1.165) is 33.4 Å². The largest absolute Gasteiger partial charge is 0.507 e. The van der Waals surface area contributed by atoms with Crippen molar-refractivity contribution >= 4 is 11.9 Å². The molecule has 0 saturated carbocycles. The van der Waals surface area contributed by atoms with E-state index in [-0.39, 0.29) is 65.3 Å². The normalized spacial score (nSPS) is 13.3. The third-order valence-corrected chi connectivity index (χ3v) is 8.16. The summed E-state index contributed by atoms with van der Waals surface area (Å²) in [6.07, 6.45) is 0.604. The molecule has 0 spiro atoms. The van der Waals surface area contributed by atoms with Gasteiger partial charge in [-0.05, 0) is 80.7 Å². The highest BCUT2D eigenvalue weighted by molar-refractivity contribution is 5.76. The Kier molecular flexibility index (Phi) is 9.99. The standard InChI is InChI=1S/C36H54O6/c1-32(2,3)24-16-22(17-25(29(24)39)33(4,5)6)20-36(31(41)42,15-13-14-28(37)38)21-23-18-26(34(7,8)9)30(40)27(19-23)35(10,11)12/h16-19,39-40H,13-15,20-21H2,1-12H3,(H,37,38)(H,41,42). The number of carboxylic acid groups (broad SMARTS) is 2. The van der Waals surface area contributed by atoms with E-state index in [1.165, 1.54) is 0 Å². The van der Waals surface area contributed by atoms with Crippen LogP contribution < -0.4 is 0 Å². The van der Waals surface area contributed by atoms with Crippen LogP contribution in [0.25, 0.3) is 0 Å². The fraction of sp³-hybridized carbons (Fsp3) is 0.611. The Hall–Kier alpha value is -3.02. The smallest absolute Gasteiger partial charge is 0.310 e. The second-order valence-corrected chi connectivity index (χ2v) is 16.3. The molecule has 0 radical (unpaired) electrons. The fourth-order valence-electron chi connectivity index (χ4n) is 5.74. The van der Waals surface area contributed by atoms with Crippen molar-refractivity contribution in [3.8, 4) is 11.5 Å². The molecule has 0 unspecified atom stereocenters. The third kappa shape index (κ3) is 8.29. The van der Waals surface area contributed by atoms with Crippen LogP contribution in [0.3, 0.4) is 0 Å². The molecule has 0 aromatic heterocycles. The molecule has 0 aliphatic carbocycles. The molecule has 0 aliphatic rings. The van der Waals surface area contributed by atoms with Gasteiger partial charge >= 0.3 is 11.9 Å². The fourth-order valence-corrected chi connectivity index (χ4v) is 5.74. The Morgan fingerprint density at radius 2 is 0.857 bits per heavy atom. The van der Waals surface area contributed by atoms with Gasteiger partial charge in [0, 0.05) is 6.42 Å². The molecule has 0 bridgehead atoms. The summed E-state index contributed by atoms with van der Waals surface area (Å²) in [6.45, 7) is 24.3. The summed E-state index contributed by atoms with van der Waals surface area (Å²) in [5.41, 5.74) is 1.79. The molecule has 0 aliphatic heterocycles. The molecule has 6 nitrogen and oxygen atoms in total. The van der Waals surface area contributed by atoms with Gasteiger partial charge in [0.15, 0.2) is 0 Å². The van der Waals surface area contributed by atoms with Crippen molar-refractivity contribution in [2.45, 2.75) is 137 Å². The first kappa shape index (κ1) is 35.2. The zero-order chi connectivity index (χ0) is 32.6. The zero-order valence-electron chi connectivity index (χ0n) is 28.0. The number of carboxylic acids is 2. The maximum absolute atomic E-state index is 13.3. The average Bonchev–Trinajstić information content (AvgIpc) is 2.77. The minimum atomic E-state index is -1.31. The number of carbonyl (C=O) groups is 2. The highest BCUT2D eigenvalue weighted by atomic mass is 16.4. The van der Waals surface area contributed by atoms with E-state index in [1.807, 2.05) is 107 Å². The highest BCUT2D eigenvalue weighted by Crippen LogP contribution is 2.44. The molecule has 0 heterocycles. The van der Waals surface area contributed by atoms with Gasteiger partial charge in [0.05, 0.1) is 5.41 Å². The van der Waals surface area contributed by atoms with Crippen LogP contribution >= 0.6 is 0 Å². The lowest BCUT2D eigenvalue weighted by molar-refractivity contribution is -0.150. The van der Waals surface area contributed by atoms with E-state index >= 15 is 0 Å². The first-order chi connectivity index (χ1) is 18.8. The first-order valence-electron chi connectivity index (χ1n) is 15.0. The Morgan fingerprint density at radius 1 is 0.571 bits per heavy atom. The van der Waals surface area contributed by atoms with E-state index in [4.69, 9.17) is 0 Å². The summed E-state index contributed by atoms with van der Waals surface area (Å²) in [6, 6.07) is 7.66. The highest BCUT2D eigenvalue weighted by Gasteiger charge is 2.40. The Bertz CT molecular complexity index is 1150. The van der Waals surface area contributed by atoms with Crippen molar-refractivity contribution < 1.29 is 30.0 Å². The second kappa shape index (κ2) is 11.9. The third-order valence-electron chi connectivity index (χ3n) is 8.16. The lowest BCUT2D eigenvalue weighted by atomic mass is 9.70. The van der Waals surface area contributed by atoms with E-state index in [9.17, 15) is 30.0 Å². The van der Waals surface area contributed by atoms with Crippen LogP contribution in [0.2, 0.25) is 0 Å². The van der Waals surface area contributed by atoms with Gasteiger partial charge < -0.3 is 20.4 Å². The minimum absolute atomic E-state index is 0.124. The van der Waals surface area contributed by atoms with Crippen LogP contribution in [0.4, 0.5) is 0 Å². The Balaban J connectivity index is 2.86. The van der Waals surface area contributed by atoms with Gasteiger partial charge in [-0.25, -0.2) is 0 Å². The number of rotatable bonds is 9. The quantitative estimate of drug-likeness (QED) is 0.236. The molecule has 0 fully saturated rings. The van der Waals surface area contributed by atoms with Crippen LogP contribution in [0.15, 0.2) is 24.3 Å². The molecular weight excluding hydrogens is 528 g/mol. The van der Waals surface area contributed by atoms with Gasteiger partial charge in [-0.15, -0.1) is 0 Å². The monoisotopic (exact) mass is 582 g/mol. The molecule has 42 heavy (non-hydrogen) atoms. The molecule has 2 aromatic rings. The summed E-state index contributed by atoms with van der Waals surface area (Å²) in [4.78, 5) is 24.8. The second-order valence-electron chi connectivity index (χ2n) is 16.3. The van der Waals surface area contributed by atoms with Crippen molar-refractivity contribution in [2.24, 2.45) is 5.41 Å². The number of aromatic hydroxyl groups is 2. The predicted molar refractivity (Wildman–Crippen MR) is 170 cm³/mol. The molecule has 234 valence electrons. The van der Waals surface area contributed by atoms with Crippen molar-refractivity contribution in [3.05, 3.63) is 57.6 Å².